The maximum Gasteiger partial charge on any atom is 0.135 e. The molecule has 0 bridgehead atoms. The molecule has 0 amide bonds. The number of hydrogen-bond acceptors (Lipinski definition) is 3. The number of benzene rings is 1. The molecule has 0 unspecified atom stereocenters. The zero-order valence-corrected chi connectivity index (χ0v) is 9.70. The Morgan fingerprint density at radius 2 is 1.94 bits per heavy atom. The minimum absolute atomic E-state index is 0.715. The average molecular weight is 234 g/mol. The van der Waals surface area contributed by atoms with Crippen molar-refractivity contribution in [2.75, 3.05) is 12.4 Å². The Balaban J connectivity index is 2.16. The molecule has 82 valence electrons. The van der Waals surface area contributed by atoms with Gasteiger partial charge in [-0.25, -0.2) is 9.97 Å². The van der Waals surface area contributed by atoms with Crippen molar-refractivity contribution >= 4 is 17.4 Å². The molecule has 2 rings (SSSR count). The van der Waals surface area contributed by atoms with Crippen molar-refractivity contribution in [1.82, 2.24) is 9.97 Å². The molecule has 1 aromatic heterocycles. The van der Waals surface area contributed by atoms with Crippen LogP contribution in [0.15, 0.2) is 36.5 Å². The molecule has 1 heterocycles. The lowest BCUT2D eigenvalue weighted by Crippen LogP contribution is -2.00. The van der Waals surface area contributed by atoms with Crippen LogP contribution in [0.3, 0.4) is 0 Å². The van der Waals surface area contributed by atoms with Crippen molar-refractivity contribution in [1.29, 1.82) is 0 Å². The number of anilines is 1. The highest BCUT2D eigenvalue weighted by atomic mass is 35.5. The molecule has 0 saturated carbocycles. The molecule has 3 nitrogen and oxygen atoms in total. The SMILES string of the molecule is CNc1ccnc(Cc2ccc(Cl)cc2)n1. The van der Waals surface area contributed by atoms with Crippen LogP contribution in [-0.4, -0.2) is 17.0 Å². The zero-order chi connectivity index (χ0) is 11.4. The first kappa shape index (κ1) is 10.9. The van der Waals surface area contributed by atoms with Gasteiger partial charge in [-0.1, -0.05) is 23.7 Å². The Hall–Kier alpha value is -1.61. The predicted molar refractivity (Wildman–Crippen MR) is 65.8 cm³/mol. The molecule has 1 N–H and O–H groups in total. The molecule has 4 heteroatoms. The molecular weight excluding hydrogens is 222 g/mol. The average Bonchev–Trinajstić information content (AvgIpc) is 2.32. The minimum Gasteiger partial charge on any atom is -0.373 e. The van der Waals surface area contributed by atoms with Crippen molar-refractivity contribution in [3.05, 3.63) is 52.9 Å². The molecule has 0 aliphatic rings. The summed E-state index contributed by atoms with van der Waals surface area (Å²) in [4.78, 5) is 8.57. The first-order valence-electron chi connectivity index (χ1n) is 5.02. The first-order valence-corrected chi connectivity index (χ1v) is 5.40. The van der Waals surface area contributed by atoms with E-state index in [0.717, 1.165) is 22.2 Å². The van der Waals surface area contributed by atoms with E-state index in [2.05, 4.69) is 15.3 Å². The molecule has 2 aromatic rings. The predicted octanol–water partition coefficient (Wildman–Crippen LogP) is 2.76. The summed E-state index contributed by atoms with van der Waals surface area (Å²) >= 11 is 5.82. The number of rotatable bonds is 3. The van der Waals surface area contributed by atoms with Crippen LogP contribution in [0.2, 0.25) is 5.02 Å². The third-order valence-electron chi connectivity index (χ3n) is 2.24. The number of hydrogen-bond donors (Lipinski definition) is 1. The van der Waals surface area contributed by atoms with E-state index in [-0.39, 0.29) is 0 Å². The fourth-order valence-corrected chi connectivity index (χ4v) is 1.53. The van der Waals surface area contributed by atoms with Crippen LogP contribution in [0, 0.1) is 0 Å². The molecule has 0 aliphatic carbocycles. The van der Waals surface area contributed by atoms with Gasteiger partial charge in [0.2, 0.25) is 0 Å². The normalized spacial score (nSPS) is 10.1. The van der Waals surface area contributed by atoms with Crippen LogP contribution in [0.25, 0.3) is 0 Å². The van der Waals surface area contributed by atoms with E-state index >= 15 is 0 Å². The summed E-state index contributed by atoms with van der Waals surface area (Å²) in [5.41, 5.74) is 1.15. The Morgan fingerprint density at radius 3 is 2.62 bits per heavy atom. The van der Waals surface area contributed by atoms with Gasteiger partial charge >= 0.3 is 0 Å². The van der Waals surface area contributed by atoms with Crippen LogP contribution in [0.1, 0.15) is 11.4 Å². The topological polar surface area (TPSA) is 37.8 Å². The molecule has 0 fully saturated rings. The van der Waals surface area contributed by atoms with Crippen molar-refractivity contribution in [3.8, 4) is 0 Å². The fourth-order valence-electron chi connectivity index (χ4n) is 1.41. The minimum atomic E-state index is 0.715. The molecule has 0 saturated heterocycles. The number of nitrogens with zero attached hydrogens (tertiary/aromatic N) is 2. The standard InChI is InChI=1S/C12H12ClN3/c1-14-11-6-7-15-12(16-11)8-9-2-4-10(13)5-3-9/h2-7H,8H2,1H3,(H,14,15,16). The van der Waals surface area contributed by atoms with Gasteiger partial charge in [0.1, 0.15) is 11.6 Å². The molecule has 0 radical (unpaired) electrons. The summed E-state index contributed by atoms with van der Waals surface area (Å²) in [6.45, 7) is 0. The maximum atomic E-state index is 5.82. The van der Waals surface area contributed by atoms with E-state index < -0.39 is 0 Å². The van der Waals surface area contributed by atoms with Gasteiger partial charge in [-0.3, -0.25) is 0 Å². The van der Waals surface area contributed by atoms with Gasteiger partial charge < -0.3 is 5.32 Å². The number of halogens is 1. The third-order valence-corrected chi connectivity index (χ3v) is 2.49. The summed E-state index contributed by atoms with van der Waals surface area (Å²) in [5, 5.41) is 3.73. The van der Waals surface area contributed by atoms with E-state index in [1.54, 1.807) is 6.20 Å². The van der Waals surface area contributed by atoms with Crippen LogP contribution >= 0.6 is 11.6 Å². The molecule has 0 aliphatic heterocycles. The summed E-state index contributed by atoms with van der Waals surface area (Å²) in [7, 11) is 1.84. The van der Waals surface area contributed by atoms with Crippen molar-refractivity contribution in [2.45, 2.75) is 6.42 Å². The summed E-state index contributed by atoms with van der Waals surface area (Å²) < 4.78 is 0. The monoisotopic (exact) mass is 233 g/mol. The van der Waals surface area contributed by atoms with Crippen LogP contribution in [-0.2, 0) is 6.42 Å². The van der Waals surface area contributed by atoms with Gasteiger partial charge in [-0.05, 0) is 23.8 Å². The molecular formula is C12H12ClN3. The molecule has 16 heavy (non-hydrogen) atoms. The molecule has 0 atom stereocenters. The highest BCUT2D eigenvalue weighted by Crippen LogP contribution is 2.12. The van der Waals surface area contributed by atoms with Gasteiger partial charge in [0.05, 0.1) is 0 Å². The zero-order valence-electron chi connectivity index (χ0n) is 8.94. The van der Waals surface area contributed by atoms with Gasteiger partial charge in [-0.15, -0.1) is 0 Å². The van der Waals surface area contributed by atoms with Gasteiger partial charge in [0.15, 0.2) is 0 Å². The highest BCUT2D eigenvalue weighted by Gasteiger charge is 2.00. The third kappa shape index (κ3) is 2.70. The van der Waals surface area contributed by atoms with Crippen LogP contribution < -0.4 is 5.32 Å². The maximum absolute atomic E-state index is 5.82. The van der Waals surface area contributed by atoms with Crippen molar-refractivity contribution < 1.29 is 0 Å². The lowest BCUT2D eigenvalue weighted by Gasteiger charge is -2.03. The van der Waals surface area contributed by atoms with Crippen molar-refractivity contribution in [2.24, 2.45) is 0 Å². The first-order chi connectivity index (χ1) is 7.78. The summed E-state index contributed by atoms with van der Waals surface area (Å²) in [6.07, 6.45) is 2.47. The smallest absolute Gasteiger partial charge is 0.135 e. The van der Waals surface area contributed by atoms with E-state index in [9.17, 15) is 0 Å². The van der Waals surface area contributed by atoms with E-state index in [1.165, 1.54) is 0 Å². The molecule has 1 aromatic carbocycles. The summed E-state index contributed by atoms with van der Waals surface area (Å²) in [5.74, 6) is 1.63. The second kappa shape index (κ2) is 4.94. The second-order valence-corrected chi connectivity index (χ2v) is 3.85. The summed E-state index contributed by atoms with van der Waals surface area (Å²) in [6, 6.07) is 9.55. The Morgan fingerprint density at radius 1 is 1.19 bits per heavy atom. The Bertz CT molecular complexity index is 468. The van der Waals surface area contributed by atoms with E-state index in [0.29, 0.717) is 6.42 Å². The van der Waals surface area contributed by atoms with Crippen LogP contribution in [0.5, 0.6) is 0 Å². The Kier molecular flexibility index (Phi) is 3.37. The van der Waals surface area contributed by atoms with Gasteiger partial charge in [0, 0.05) is 24.7 Å². The quantitative estimate of drug-likeness (QED) is 0.886. The van der Waals surface area contributed by atoms with Gasteiger partial charge in [-0.2, -0.15) is 0 Å². The van der Waals surface area contributed by atoms with Crippen molar-refractivity contribution in [3.63, 3.8) is 0 Å². The highest BCUT2D eigenvalue weighted by molar-refractivity contribution is 6.30. The lowest BCUT2D eigenvalue weighted by molar-refractivity contribution is 0.969. The number of nitrogens with one attached hydrogen (secondary N) is 1. The second-order valence-electron chi connectivity index (χ2n) is 3.41. The fraction of sp³-hybridized carbons (Fsp3) is 0.167. The number of aromatic nitrogens is 2. The lowest BCUT2D eigenvalue weighted by atomic mass is 10.1. The Labute approximate surface area is 99.5 Å². The largest absolute Gasteiger partial charge is 0.373 e. The van der Waals surface area contributed by atoms with E-state index in [1.807, 2.05) is 37.4 Å². The van der Waals surface area contributed by atoms with E-state index in [4.69, 9.17) is 11.6 Å². The van der Waals surface area contributed by atoms with Crippen LogP contribution in [0.4, 0.5) is 5.82 Å². The molecule has 0 spiro atoms. The van der Waals surface area contributed by atoms with Gasteiger partial charge in [0.25, 0.3) is 0 Å².